The van der Waals surface area contributed by atoms with Gasteiger partial charge in [-0.1, -0.05) is 12.1 Å². The van der Waals surface area contributed by atoms with Crippen LogP contribution in [0, 0.1) is 11.3 Å². The first kappa shape index (κ1) is 14.1. The van der Waals surface area contributed by atoms with E-state index in [-0.39, 0.29) is 0 Å². The van der Waals surface area contributed by atoms with Gasteiger partial charge in [0.2, 0.25) is 0 Å². The van der Waals surface area contributed by atoms with Crippen LogP contribution in [0.3, 0.4) is 0 Å². The van der Waals surface area contributed by atoms with E-state index in [0.717, 1.165) is 29.2 Å². The number of nitrogens with zero attached hydrogens (tertiary/aromatic N) is 5. The molecular weight excluding hydrogens is 274 g/mol. The first-order valence-electron chi connectivity index (χ1n) is 7.24. The number of imidazole rings is 1. The van der Waals surface area contributed by atoms with E-state index in [4.69, 9.17) is 10.2 Å². The highest BCUT2D eigenvalue weighted by Gasteiger charge is 2.12. The van der Waals surface area contributed by atoms with Crippen molar-refractivity contribution in [1.82, 2.24) is 14.5 Å². The summed E-state index contributed by atoms with van der Waals surface area (Å²) < 4.78 is 2.22. The maximum absolute atomic E-state index is 8.83. The number of benzene rings is 1. The number of hydrogen-bond donors (Lipinski definition) is 0. The molecule has 5 nitrogen and oxygen atoms in total. The summed E-state index contributed by atoms with van der Waals surface area (Å²) in [7, 11) is 1.98. The molecule has 0 unspecified atom stereocenters. The lowest BCUT2D eigenvalue weighted by molar-refractivity contribution is 0.700. The van der Waals surface area contributed by atoms with Crippen LogP contribution in [0.1, 0.15) is 18.3 Å². The highest BCUT2D eigenvalue weighted by molar-refractivity contribution is 5.76. The number of rotatable bonds is 4. The molecule has 110 valence electrons. The number of aryl methyl sites for hydroxylation is 1. The Labute approximate surface area is 129 Å². The average Bonchev–Trinajstić information content (AvgIpc) is 2.91. The largest absolute Gasteiger partial charge is 0.352 e. The summed E-state index contributed by atoms with van der Waals surface area (Å²) in [5, 5.41) is 8.83. The Balaban J connectivity index is 1.90. The molecule has 0 aliphatic heterocycles. The highest BCUT2D eigenvalue weighted by atomic mass is 15.2. The first-order chi connectivity index (χ1) is 10.7. The van der Waals surface area contributed by atoms with Crippen molar-refractivity contribution in [3.8, 4) is 6.07 Å². The van der Waals surface area contributed by atoms with E-state index in [0.29, 0.717) is 12.1 Å². The molecule has 0 fully saturated rings. The Hall–Kier alpha value is -2.87. The van der Waals surface area contributed by atoms with Gasteiger partial charge in [-0.3, -0.25) is 0 Å². The van der Waals surface area contributed by atoms with Gasteiger partial charge in [0.1, 0.15) is 17.7 Å². The summed E-state index contributed by atoms with van der Waals surface area (Å²) in [6.07, 6.45) is 1.59. The van der Waals surface area contributed by atoms with Crippen molar-refractivity contribution in [3.05, 3.63) is 54.0 Å². The predicted molar refractivity (Wildman–Crippen MR) is 86.5 cm³/mol. The summed E-state index contributed by atoms with van der Waals surface area (Å²) in [5.41, 5.74) is 2.74. The van der Waals surface area contributed by atoms with Crippen molar-refractivity contribution >= 4 is 16.9 Å². The molecule has 0 saturated carbocycles. The Morgan fingerprint density at radius 2 is 2.05 bits per heavy atom. The predicted octanol–water partition coefficient (Wildman–Crippen LogP) is 2.96. The summed E-state index contributed by atoms with van der Waals surface area (Å²) in [6, 6.07) is 13.9. The second-order valence-corrected chi connectivity index (χ2v) is 5.13. The monoisotopic (exact) mass is 291 g/mol. The molecule has 3 rings (SSSR count). The number of hydrogen-bond acceptors (Lipinski definition) is 4. The van der Waals surface area contributed by atoms with E-state index in [1.54, 1.807) is 12.3 Å². The molecule has 0 saturated heterocycles. The van der Waals surface area contributed by atoms with Crippen LogP contribution >= 0.6 is 0 Å². The fourth-order valence-corrected chi connectivity index (χ4v) is 2.57. The average molecular weight is 291 g/mol. The smallest absolute Gasteiger partial charge is 0.129 e. The standard InChI is InChI=1S/C17H17N5/c1-3-22-15-7-5-4-6-14(15)20-17(22)12-21(2)16-9-8-13(10-18)11-19-16/h4-9,11H,3,12H2,1-2H3. The number of pyridine rings is 1. The Kier molecular flexibility index (Phi) is 3.75. The van der Waals surface area contributed by atoms with Gasteiger partial charge in [0.05, 0.1) is 23.1 Å². The summed E-state index contributed by atoms with van der Waals surface area (Å²) in [5.74, 6) is 1.84. The van der Waals surface area contributed by atoms with Crippen LogP contribution in [-0.4, -0.2) is 21.6 Å². The van der Waals surface area contributed by atoms with Crippen LogP contribution < -0.4 is 4.90 Å². The summed E-state index contributed by atoms with van der Waals surface area (Å²) in [4.78, 5) is 11.1. The zero-order valence-corrected chi connectivity index (χ0v) is 12.7. The molecule has 5 heteroatoms. The van der Waals surface area contributed by atoms with Crippen LogP contribution in [0.2, 0.25) is 0 Å². The molecule has 22 heavy (non-hydrogen) atoms. The molecule has 0 aliphatic carbocycles. The molecule has 0 amide bonds. The zero-order valence-electron chi connectivity index (χ0n) is 12.7. The second-order valence-electron chi connectivity index (χ2n) is 5.13. The lowest BCUT2D eigenvalue weighted by Gasteiger charge is -2.18. The Morgan fingerprint density at radius 1 is 1.23 bits per heavy atom. The summed E-state index contributed by atoms with van der Waals surface area (Å²) in [6.45, 7) is 3.67. The molecule has 0 spiro atoms. The van der Waals surface area contributed by atoms with Gasteiger partial charge in [0.25, 0.3) is 0 Å². The van der Waals surface area contributed by atoms with Crippen molar-refractivity contribution in [2.45, 2.75) is 20.0 Å². The lowest BCUT2D eigenvalue weighted by atomic mass is 10.3. The molecule has 3 aromatic rings. The lowest BCUT2D eigenvalue weighted by Crippen LogP contribution is -2.20. The van der Waals surface area contributed by atoms with E-state index in [1.165, 1.54) is 0 Å². The molecular formula is C17H17N5. The molecule has 0 N–H and O–H groups in total. The summed E-state index contributed by atoms with van der Waals surface area (Å²) >= 11 is 0. The van der Waals surface area contributed by atoms with Crippen molar-refractivity contribution in [1.29, 1.82) is 5.26 Å². The topological polar surface area (TPSA) is 57.7 Å². The maximum atomic E-state index is 8.83. The van der Waals surface area contributed by atoms with Gasteiger partial charge in [-0.2, -0.15) is 5.26 Å². The van der Waals surface area contributed by atoms with Crippen LogP contribution in [0.25, 0.3) is 11.0 Å². The Bertz CT molecular complexity index is 826. The van der Waals surface area contributed by atoms with Crippen LogP contribution in [0.15, 0.2) is 42.6 Å². The van der Waals surface area contributed by atoms with Gasteiger partial charge in [-0.05, 0) is 31.2 Å². The third-order valence-corrected chi connectivity index (χ3v) is 3.70. The van der Waals surface area contributed by atoms with E-state index in [2.05, 4.69) is 28.6 Å². The van der Waals surface area contributed by atoms with Gasteiger partial charge in [-0.15, -0.1) is 0 Å². The van der Waals surface area contributed by atoms with Gasteiger partial charge >= 0.3 is 0 Å². The minimum atomic E-state index is 0.568. The fraction of sp³-hybridized carbons (Fsp3) is 0.235. The molecule has 2 aromatic heterocycles. The van der Waals surface area contributed by atoms with E-state index in [1.807, 2.05) is 36.2 Å². The number of para-hydroxylation sites is 2. The quantitative estimate of drug-likeness (QED) is 0.741. The van der Waals surface area contributed by atoms with Crippen LogP contribution in [0.4, 0.5) is 5.82 Å². The first-order valence-corrected chi connectivity index (χ1v) is 7.24. The van der Waals surface area contributed by atoms with Gasteiger partial charge < -0.3 is 9.47 Å². The minimum Gasteiger partial charge on any atom is -0.352 e. The van der Waals surface area contributed by atoms with Gasteiger partial charge in [-0.25, -0.2) is 9.97 Å². The SMILES string of the molecule is CCn1c(CN(C)c2ccc(C#N)cn2)nc2ccccc21. The number of aromatic nitrogens is 3. The fourth-order valence-electron chi connectivity index (χ4n) is 2.57. The number of nitriles is 1. The number of fused-ring (bicyclic) bond motifs is 1. The van der Waals surface area contributed by atoms with Gasteiger partial charge in [0, 0.05) is 19.8 Å². The molecule has 0 atom stereocenters. The highest BCUT2D eigenvalue weighted by Crippen LogP contribution is 2.19. The normalized spacial score (nSPS) is 10.6. The molecule has 1 aromatic carbocycles. The van der Waals surface area contributed by atoms with Gasteiger partial charge in [0.15, 0.2) is 0 Å². The van der Waals surface area contributed by atoms with Crippen LogP contribution in [-0.2, 0) is 13.1 Å². The minimum absolute atomic E-state index is 0.568. The van der Waals surface area contributed by atoms with Crippen molar-refractivity contribution in [2.24, 2.45) is 0 Å². The third kappa shape index (κ3) is 2.51. The van der Waals surface area contributed by atoms with E-state index >= 15 is 0 Å². The zero-order chi connectivity index (χ0) is 15.5. The van der Waals surface area contributed by atoms with Crippen molar-refractivity contribution in [3.63, 3.8) is 0 Å². The molecule has 2 heterocycles. The Morgan fingerprint density at radius 3 is 2.73 bits per heavy atom. The number of anilines is 1. The van der Waals surface area contributed by atoms with Crippen molar-refractivity contribution in [2.75, 3.05) is 11.9 Å². The molecule has 0 bridgehead atoms. The molecule has 0 radical (unpaired) electrons. The van der Waals surface area contributed by atoms with E-state index < -0.39 is 0 Å². The second kappa shape index (κ2) is 5.86. The van der Waals surface area contributed by atoms with Crippen molar-refractivity contribution < 1.29 is 0 Å². The van der Waals surface area contributed by atoms with Crippen LogP contribution in [0.5, 0.6) is 0 Å². The maximum Gasteiger partial charge on any atom is 0.129 e. The third-order valence-electron chi connectivity index (χ3n) is 3.70. The van der Waals surface area contributed by atoms with E-state index in [9.17, 15) is 0 Å². The molecule has 0 aliphatic rings.